The summed E-state index contributed by atoms with van der Waals surface area (Å²) in [6, 6.07) is 7.74. The number of hydrogen-bond donors (Lipinski definition) is 2. The number of nitrogens with zero attached hydrogens (tertiary/aromatic N) is 3. The zero-order chi connectivity index (χ0) is 24.3. The summed E-state index contributed by atoms with van der Waals surface area (Å²) in [7, 11) is 1.27. The van der Waals surface area contributed by atoms with Gasteiger partial charge in [-0.05, 0) is 51.8 Å². The summed E-state index contributed by atoms with van der Waals surface area (Å²) in [5.74, 6) is -0.634. The SMILES string of the molecule is COC(=O)c1c(N)c(C#N)cn1-c1cc(Br)ccc1NC1CCN(C(=O)OC(C)(C)C)CC1. The molecule has 0 bridgehead atoms. The predicted octanol–water partition coefficient (Wildman–Crippen LogP) is 4.29. The minimum Gasteiger partial charge on any atom is -0.464 e. The highest BCUT2D eigenvalue weighted by Crippen LogP contribution is 2.32. The van der Waals surface area contributed by atoms with Crippen molar-refractivity contribution in [1.82, 2.24) is 9.47 Å². The highest BCUT2D eigenvalue weighted by Gasteiger charge is 2.28. The lowest BCUT2D eigenvalue weighted by Gasteiger charge is -2.34. The van der Waals surface area contributed by atoms with Crippen LogP contribution in [-0.4, -0.2) is 53.4 Å². The fourth-order valence-electron chi connectivity index (χ4n) is 3.68. The molecule has 3 N–H and O–H groups in total. The topological polar surface area (TPSA) is 123 Å². The van der Waals surface area contributed by atoms with E-state index in [0.29, 0.717) is 18.8 Å². The van der Waals surface area contributed by atoms with Gasteiger partial charge in [0.05, 0.1) is 29.7 Å². The smallest absolute Gasteiger partial charge is 0.410 e. The zero-order valence-corrected chi connectivity index (χ0v) is 20.7. The molecule has 1 amide bonds. The molecule has 9 nitrogen and oxygen atoms in total. The maximum atomic E-state index is 12.4. The molecule has 0 spiro atoms. The summed E-state index contributed by atoms with van der Waals surface area (Å²) in [6.45, 7) is 6.69. The minimum atomic E-state index is -0.634. The summed E-state index contributed by atoms with van der Waals surface area (Å²) in [5.41, 5.74) is 7.29. The lowest BCUT2D eigenvalue weighted by molar-refractivity contribution is 0.0210. The van der Waals surface area contributed by atoms with Crippen LogP contribution >= 0.6 is 15.9 Å². The van der Waals surface area contributed by atoms with Gasteiger partial charge in [-0.3, -0.25) is 0 Å². The number of hydrogen-bond acceptors (Lipinski definition) is 7. The average molecular weight is 518 g/mol. The number of carbonyl (C=O) groups is 2. The summed E-state index contributed by atoms with van der Waals surface area (Å²) < 4.78 is 12.7. The number of ether oxygens (including phenoxy) is 2. The predicted molar refractivity (Wildman–Crippen MR) is 128 cm³/mol. The van der Waals surface area contributed by atoms with Gasteiger partial charge in [0.15, 0.2) is 5.69 Å². The van der Waals surface area contributed by atoms with Gasteiger partial charge in [-0.2, -0.15) is 5.26 Å². The van der Waals surface area contributed by atoms with E-state index in [0.717, 1.165) is 23.0 Å². The molecular formula is C23H28BrN5O4. The molecule has 176 valence electrons. The van der Waals surface area contributed by atoms with Crippen LogP contribution in [0, 0.1) is 11.3 Å². The van der Waals surface area contributed by atoms with Crippen molar-refractivity contribution in [3.8, 4) is 11.8 Å². The molecular weight excluding hydrogens is 490 g/mol. The van der Waals surface area contributed by atoms with Crippen LogP contribution in [0.1, 0.15) is 49.7 Å². The number of anilines is 2. The zero-order valence-electron chi connectivity index (χ0n) is 19.1. The number of halogens is 1. The molecule has 1 aromatic heterocycles. The molecule has 0 unspecified atom stereocenters. The number of benzene rings is 1. The van der Waals surface area contributed by atoms with Crippen molar-refractivity contribution in [2.45, 2.75) is 45.3 Å². The number of piperidine rings is 1. The first kappa shape index (κ1) is 24.5. The van der Waals surface area contributed by atoms with E-state index in [1.807, 2.05) is 45.0 Å². The number of amides is 1. The quantitative estimate of drug-likeness (QED) is 0.579. The number of rotatable bonds is 4. The highest BCUT2D eigenvalue weighted by atomic mass is 79.9. The normalized spacial score (nSPS) is 14.5. The van der Waals surface area contributed by atoms with Crippen molar-refractivity contribution in [2.24, 2.45) is 0 Å². The maximum absolute atomic E-state index is 12.4. The second-order valence-corrected chi connectivity index (χ2v) is 9.74. The Morgan fingerprint density at radius 1 is 1.27 bits per heavy atom. The summed E-state index contributed by atoms with van der Waals surface area (Å²) in [5, 5.41) is 12.9. The fourth-order valence-corrected chi connectivity index (χ4v) is 4.03. The highest BCUT2D eigenvalue weighted by molar-refractivity contribution is 9.10. The largest absolute Gasteiger partial charge is 0.464 e. The number of aromatic nitrogens is 1. The molecule has 0 atom stereocenters. The Morgan fingerprint density at radius 3 is 2.52 bits per heavy atom. The summed E-state index contributed by atoms with van der Waals surface area (Å²) >= 11 is 3.48. The van der Waals surface area contributed by atoms with Crippen LogP contribution in [0.3, 0.4) is 0 Å². The van der Waals surface area contributed by atoms with Crippen LogP contribution in [-0.2, 0) is 9.47 Å². The summed E-state index contributed by atoms with van der Waals surface area (Å²) in [4.78, 5) is 26.5. The summed E-state index contributed by atoms with van der Waals surface area (Å²) in [6.07, 6.45) is 2.69. The van der Waals surface area contributed by atoms with Gasteiger partial charge in [0.2, 0.25) is 0 Å². The fraction of sp³-hybridized carbons (Fsp3) is 0.435. The number of esters is 1. The van der Waals surface area contributed by atoms with E-state index in [1.165, 1.54) is 13.3 Å². The van der Waals surface area contributed by atoms with E-state index in [4.69, 9.17) is 15.2 Å². The first-order chi connectivity index (χ1) is 15.5. The molecule has 1 aliphatic rings. The molecule has 33 heavy (non-hydrogen) atoms. The van der Waals surface area contributed by atoms with Gasteiger partial charge in [0, 0.05) is 29.8 Å². The van der Waals surface area contributed by atoms with Crippen molar-refractivity contribution in [3.63, 3.8) is 0 Å². The Morgan fingerprint density at radius 2 is 1.94 bits per heavy atom. The monoisotopic (exact) mass is 517 g/mol. The first-order valence-corrected chi connectivity index (χ1v) is 11.4. The van der Waals surface area contributed by atoms with Gasteiger partial charge in [-0.1, -0.05) is 15.9 Å². The number of nitrogen functional groups attached to an aromatic ring is 1. The van der Waals surface area contributed by atoms with Gasteiger partial charge in [0.1, 0.15) is 11.7 Å². The molecule has 0 radical (unpaired) electrons. The van der Waals surface area contributed by atoms with Gasteiger partial charge in [-0.25, -0.2) is 9.59 Å². The molecule has 0 saturated carbocycles. The molecule has 3 rings (SSSR count). The van der Waals surface area contributed by atoms with Crippen LogP contribution in [0.15, 0.2) is 28.9 Å². The van der Waals surface area contributed by atoms with Gasteiger partial charge in [-0.15, -0.1) is 0 Å². The van der Waals surface area contributed by atoms with Crippen LogP contribution in [0.25, 0.3) is 5.69 Å². The standard InChI is InChI=1S/C23H28BrN5O4/c1-23(2,3)33-22(31)28-9-7-16(8-10-28)27-17-6-5-15(24)11-18(17)29-13-14(12-25)19(26)20(29)21(30)32-4/h5-6,11,13,16,27H,7-10,26H2,1-4H3. The molecule has 1 saturated heterocycles. The lowest BCUT2D eigenvalue weighted by atomic mass is 10.0. The first-order valence-electron chi connectivity index (χ1n) is 10.6. The van der Waals surface area contributed by atoms with Crippen molar-refractivity contribution in [1.29, 1.82) is 5.26 Å². The van der Waals surface area contributed by atoms with E-state index in [2.05, 4.69) is 21.2 Å². The molecule has 1 aliphatic heterocycles. The Labute approximate surface area is 201 Å². The Bertz CT molecular complexity index is 1090. The number of nitrogens with two attached hydrogens (primary N) is 1. The number of methoxy groups -OCH3 is 1. The van der Waals surface area contributed by atoms with Crippen molar-refractivity contribution in [3.05, 3.63) is 40.1 Å². The second kappa shape index (κ2) is 9.75. The Balaban J connectivity index is 1.84. The third kappa shape index (κ3) is 5.60. The van der Waals surface area contributed by atoms with Crippen LogP contribution < -0.4 is 11.1 Å². The minimum absolute atomic E-state index is 0.0703. The van der Waals surface area contributed by atoms with Gasteiger partial charge in [0.25, 0.3) is 0 Å². The molecule has 10 heteroatoms. The third-order valence-electron chi connectivity index (χ3n) is 5.27. The molecule has 1 aromatic carbocycles. The molecule has 2 aromatic rings. The Hall–Kier alpha value is -3.19. The van der Waals surface area contributed by atoms with Crippen LogP contribution in [0.5, 0.6) is 0 Å². The van der Waals surface area contributed by atoms with E-state index in [-0.39, 0.29) is 29.1 Å². The average Bonchev–Trinajstić information content (AvgIpc) is 3.09. The van der Waals surface area contributed by atoms with Crippen LogP contribution in [0.4, 0.5) is 16.2 Å². The van der Waals surface area contributed by atoms with Crippen molar-refractivity contribution < 1.29 is 19.1 Å². The molecule has 0 aliphatic carbocycles. The van der Waals surface area contributed by atoms with E-state index in [1.54, 1.807) is 9.47 Å². The Kier molecular flexibility index (Phi) is 7.22. The molecule has 2 heterocycles. The number of carbonyl (C=O) groups excluding carboxylic acids is 2. The van der Waals surface area contributed by atoms with Gasteiger partial charge >= 0.3 is 12.1 Å². The lowest BCUT2D eigenvalue weighted by Crippen LogP contribution is -2.44. The third-order valence-corrected chi connectivity index (χ3v) is 5.76. The maximum Gasteiger partial charge on any atom is 0.410 e. The number of nitrogens with one attached hydrogen (secondary N) is 1. The number of nitriles is 1. The van der Waals surface area contributed by atoms with Crippen molar-refractivity contribution in [2.75, 3.05) is 31.2 Å². The molecule has 1 fully saturated rings. The van der Waals surface area contributed by atoms with E-state index in [9.17, 15) is 14.9 Å². The van der Waals surface area contributed by atoms with E-state index < -0.39 is 11.6 Å². The van der Waals surface area contributed by atoms with E-state index >= 15 is 0 Å². The number of likely N-dealkylation sites (tertiary alicyclic amines) is 1. The van der Waals surface area contributed by atoms with Gasteiger partial charge < -0.3 is 30.0 Å². The van der Waals surface area contributed by atoms with Crippen LogP contribution in [0.2, 0.25) is 0 Å². The second-order valence-electron chi connectivity index (χ2n) is 8.83. The van der Waals surface area contributed by atoms with Crippen molar-refractivity contribution >= 4 is 39.4 Å².